The van der Waals surface area contributed by atoms with Crippen molar-refractivity contribution < 1.29 is 13.2 Å². The highest BCUT2D eigenvalue weighted by atomic mass is 32.2. The molecule has 0 bridgehead atoms. The van der Waals surface area contributed by atoms with Crippen LogP contribution in [0.15, 0.2) is 65.5 Å². The number of carbonyl (C=O) groups excluding carboxylic acids is 1. The Morgan fingerprint density at radius 1 is 1.12 bits per heavy atom. The van der Waals surface area contributed by atoms with Crippen LogP contribution in [0.1, 0.15) is 29.3 Å². The van der Waals surface area contributed by atoms with E-state index in [-0.39, 0.29) is 24.8 Å². The molecule has 2 aromatic heterocycles. The number of Topliss-reactive ketones (excluding diaryl/α,β-unsaturated/α-hetero) is 1. The third kappa shape index (κ3) is 5.42. The fourth-order valence-corrected chi connectivity index (χ4v) is 5.82. The molecule has 1 aliphatic rings. The van der Waals surface area contributed by atoms with E-state index in [1.54, 1.807) is 17.7 Å². The Hall–Kier alpha value is -3.19. The van der Waals surface area contributed by atoms with Gasteiger partial charge in [-0.1, -0.05) is 36.4 Å². The molecule has 1 aliphatic heterocycles. The van der Waals surface area contributed by atoms with E-state index in [0.29, 0.717) is 29.2 Å². The second-order valence-electron chi connectivity index (χ2n) is 7.68. The first-order valence-electron chi connectivity index (χ1n) is 10.5. The van der Waals surface area contributed by atoms with Crippen LogP contribution in [-0.2, 0) is 14.8 Å². The molecule has 0 saturated carbocycles. The summed E-state index contributed by atoms with van der Waals surface area (Å²) < 4.78 is 26.7. The van der Waals surface area contributed by atoms with Gasteiger partial charge in [-0.2, -0.15) is 9.57 Å². The van der Waals surface area contributed by atoms with E-state index in [4.69, 9.17) is 0 Å². The Morgan fingerprint density at radius 3 is 2.52 bits per heavy atom. The largest absolute Gasteiger partial charge is 0.297 e. The molecule has 1 aromatic carbocycles. The van der Waals surface area contributed by atoms with Gasteiger partial charge in [0.15, 0.2) is 11.7 Å². The van der Waals surface area contributed by atoms with Crippen LogP contribution >= 0.6 is 11.3 Å². The number of hydrogen-bond acceptors (Lipinski definition) is 7. The molecule has 0 radical (unpaired) electrons. The lowest BCUT2D eigenvalue weighted by Crippen LogP contribution is -2.40. The Labute approximate surface area is 197 Å². The van der Waals surface area contributed by atoms with Gasteiger partial charge in [-0.15, -0.1) is 11.3 Å². The summed E-state index contributed by atoms with van der Waals surface area (Å²) in [4.78, 5) is 21.8. The molecule has 1 saturated heterocycles. The standard InChI is InChI=1S/C24H22N4O3S2/c25-16-20(24-27-22(17-32-24)21-8-4-5-12-26-21)23(29)19-9-13-28(14-10-19)33(30,31)15-11-18-6-2-1-3-7-18/h1-8,11-12,15,17,19-20H,9-10,13-14H2/b15-11-/t20-/m0/s1. The first-order chi connectivity index (χ1) is 16.0. The molecule has 0 unspecified atom stereocenters. The van der Waals surface area contributed by atoms with Crippen molar-refractivity contribution in [1.29, 1.82) is 5.26 Å². The van der Waals surface area contributed by atoms with Crippen LogP contribution in [0.25, 0.3) is 17.5 Å². The van der Waals surface area contributed by atoms with Crippen molar-refractivity contribution in [3.8, 4) is 17.5 Å². The van der Waals surface area contributed by atoms with Gasteiger partial charge >= 0.3 is 0 Å². The molecule has 3 aromatic rings. The summed E-state index contributed by atoms with van der Waals surface area (Å²) >= 11 is 1.27. The van der Waals surface area contributed by atoms with Crippen LogP contribution in [0.3, 0.4) is 0 Å². The zero-order valence-corrected chi connectivity index (χ0v) is 19.4. The number of pyridine rings is 1. The molecule has 0 aliphatic carbocycles. The van der Waals surface area contributed by atoms with Gasteiger partial charge in [0.25, 0.3) is 0 Å². The molecule has 168 valence electrons. The van der Waals surface area contributed by atoms with Gasteiger partial charge in [-0.3, -0.25) is 9.78 Å². The molecule has 7 nitrogen and oxygen atoms in total. The normalized spacial score (nSPS) is 16.5. The summed E-state index contributed by atoms with van der Waals surface area (Å²) in [6, 6.07) is 16.8. The van der Waals surface area contributed by atoms with E-state index in [9.17, 15) is 18.5 Å². The molecule has 3 heterocycles. The molecule has 33 heavy (non-hydrogen) atoms. The molecule has 0 amide bonds. The minimum Gasteiger partial charge on any atom is -0.297 e. The molecule has 4 rings (SSSR count). The Morgan fingerprint density at radius 2 is 1.85 bits per heavy atom. The van der Waals surface area contributed by atoms with Crippen molar-refractivity contribution in [2.45, 2.75) is 18.8 Å². The van der Waals surface area contributed by atoms with Gasteiger partial charge in [0.05, 0.1) is 17.5 Å². The lowest BCUT2D eigenvalue weighted by atomic mass is 9.87. The van der Waals surface area contributed by atoms with E-state index < -0.39 is 15.9 Å². The quantitative estimate of drug-likeness (QED) is 0.506. The average molecular weight is 479 g/mol. The summed E-state index contributed by atoms with van der Waals surface area (Å²) in [5.41, 5.74) is 2.12. The third-order valence-electron chi connectivity index (χ3n) is 5.56. The van der Waals surface area contributed by atoms with Crippen molar-refractivity contribution in [2.24, 2.45) is 5.92 Å². The first kappa shape index (κ1) is 23.0. The molecule has 9 heteroatoms. The zero-order chi connectivity index (χ0) is 23.3. The maximum Gasteiger partial charge on any atom is 0.236 e. The topological polar surface area (TPSA) is 104 Å². The molecule has 1 atom stereocenters. The van der Waals surface area contributed by atoms with Crippen LogP contribution < -0.4 is 0 Å². The van der Waals surface area contributed by atoms with Gasteiger partial charge < -0.3 is 0 Å². The number of carbonyl (C=O) groups is 1. The van der Waals surface area contributed by atoms with E-state index in [1.165, 1.54) is 21.1 Å². The van der Waals surface area contributed by atoms with E-state index >= 15 is 0 Å². The minimum atomic E-state index is -3.58. The number of aromatic nitrogens is 2. The highest BCUT2D eigenvalue weighted by Gasteiger charge is 2.35. The van der Waals surface area contributed by atoms with Crippen molar-refractivity contribution in [3.05, 3.63) is 76.1 Å². The number of nitrogens with zero attached hydrogens (tertiary/aromatic N) is 4. The Kier molecular flexibility index (Phi) is 7.08. The summed E-state index contributed by atoms with van der Waals surface area (Å²) in [5.74, 6) is -1.53. The van der Waals surface area contributed by atoms with E-state index in [0.717, 1.165) is 5.56 Å². The molecule has 1 fully saturated rings. The summed E-state index contributed by atoms with van der Waals surface area (Å²) in [5, 5.41) is 13.1. The third-order valence-corrected chi connectivity index (χ3v) is 8.03. The van der Waals surface area contributed by atoms with Crippen LogP contribution in [0.5, 0.6) is 0 Å². The number of thiazole rings is 1. The number of ketones is 1. The number of rotatable bonds is 7. The highest BCUT2D eigenvalue weighted by Crippen LogP contribution is 2.31. The second-order valence-corrected chi connectivity index (χ2v) is 10.4. The second kappa shape index (κ2) is 10.2. The smallest absolute Gasteiger partial charge is 0.236 e. The predicted molar refractivity (Wildman–Crippen MR) is 127 cm³/mol. The van der Waals surface area contributed by atoms with Gasteiger partial charge in [-0.05, 0) is 36.6 Å². The van der Waals surface area contributed by atoms with E-state index in [2.05, 4.69) is 16.0 Å². The summed E-state index contributed by atoms with van der Waals surface area (Å²) in [6.45, 7) is 0.486. The first-order valence-corrected chi connectivity index (χ1v) is 12.9. The van der Waals surface area contributed by atoms with Crippen molar-refractivity contribution >= 4 is 33.2 Å². The maximum atomic E-state index is 13.1. The van der Waals surface area contributed by atoms with Crippen molar-refractivity contribution in [3.63, 3.8) is 0 Å². The molecule has 0 N–H and O–H groups in total. The number of hydrogen-bond donors (Lipinski definition) is 0. The van der Waals surface area contributed by atoms with Gasteiger partial charge in [0.1, 0.15) is 5.01 Å². The molecule has 0 spiro atoms. The lowest BCUT2D eigenvalue weighted by Gasteiger charge is -2.30. The van der Waals surface area contributed by atoms with Crippen molar-refractivity contribution in [1.82, 2.24) is 14.3 Å². The summed E-state index contributed by atoms with van der Waals surface area (Å²) in [6.07, 6.45) is 4.00. The SMILES string of the molecule is N#C[C@@H](C(=O)C1CCN(S(=O)(=O)/C=C\c2ccccc2)CC1)c1nc(-c2ccccn2)cs1. The highest BCUT2D eigenvalue weighted by molar-refractivity contribution is 7.92. The Bertz CT molecular complexity index is 1270. The minimum absolute atomic E-state index is 0.198. The monoisotopic (exact) mass is 478 g/mol. The fourth-order valence-electron chi connectivity index (χ4n) is 3.74. The van der Waals surface area contributed by atoms with Crippen molar-refractivity contribution in [2.75, 3.05) is 13.1 Å². The van der Waals surface area contributed by atoms with Crippen LogP contribution in [0, 0.1) is 17.2 Å². The van der Waals surface area contributed by atoms with Gasteiger partial charge in [-0.25, -0.2) is 13.4 Å². The maximum absolute atomic E-state index is 13.1. The van der Waals surface area contributed by atoms with Crippen LogP contribution in [-0.4, -0.2) is 41.6 Å². The molecular weight excluding hydrogens is 456 g/mol. The Balaban J connectivity index is 1.40. The number of sulfonamides is 1. The van der Waals surface area contributed by atoms with Gasteiger partial charge in [0, 0.05) is 36.0 Å². The number of benzene rings is 1. The predicted octanol–water partition coefficient (Wildman–Crippen LogP) is 4.09. The number of piperidine rings is 1. The van der Waals surface area contributed by atoms with Crippen LogP contribution in [0.4, 0.5) is 0 Å². The average Bonchev–Trinajstić information content (AvgIpc) is 3.34. The van der Waals surface area contributed by atoms with Gasteiger partial charge in [0.2, 0.25) is 10.0 Å². The summed E-state index contributed by atoms with van der Waals surface area (Å²) in [7, 11) is -3.58. The zero-order valence-electron chi connectivity index (χ0n) is 17.7. The fraction of sp³-hybridized carbons (Fsp3) is 0.250. The van der Waals surface area contributed by atoms with E-state index in [1.807, 2.05) is 48.5 Å². The lowest BCUT2D eigenvalue weighted by molar-refractivity contribution is -0.124. The van der Waals surface area contributed by atoms with Crippen LogP contribution in [0.2, 0.25) is 0 Å². The molecular formula is C24H22N4O3S2. The number of nitriles is 1.